The first kappa shape index (κ1) is 16.6. The number of benzene rings is 2. The van der Waals surface area contributed by atoms with Crippen LogP contribution in [0.3, 0.4) is 0 Å². The predicted molar refractivity (Wildman–Crippen MR) is 98.7 cm³/mol. The molecule has 0 aliphatic rings. The molecule has 0 unspecified atom stereocenters. The van der Waals surface area contributed by atoms with Gasteiger partial charge in [-0.15, -0.1) is 0 Å². The molecule has 7 heteroatoms. The van der Waals surface area contributed by atoms with Crippen LogP contribution in [0.4, 0.5) is 0 Å². The zero-order valence-electron chi connectivity index (χ0n) is 14.1. The number of nitrogens with one attached hydrogen (secondary N) is 1. The van der Waals surface area contributed by atoms with Gasteiger partial charge in [-0.25, -0.2) is 14.8 Å². The number of carboxylic acid groups (broad SMARTS) is 1. The van der Waals surface area contributed by atoms with E-state index < -0.39 is 5.97 Å². The topological polar surface area (TPSA) is 108 Å². The van der Waals surface area contributed by atoms with E-state index in [1.807, 2.05) is 30.5 Å². The SMILES string of the molecule is O=C(O)c1cc(OCc2cnc(-c3c[nH]c4ccccc34)nc2)ccc1O. The van der Waals surface area contributed by atoms with Crippen LogP contribution in [0.2, 0.25) is 0 Å². The molecular formula is C20H15N3O4. The lowest BCUT2D eigenvalue weighted by Crippen LogP contribution is -2.01. The standard InChI is InChI=1S/C20H15N3O4/c24-18-6-5-13(7-15(18)20(25)26)27-11-12-8-22-19(23-9-12)16-10-21-17-4-2-1-3-14(16)17/h1-10,21,24H,11H2,(H,25,26). The highest BCUT2D eigenvalue weighted by molar-refractivity contribution is 5.93. The van der Waals surface area contributed by atoms with Crippen molar-refractivity contribution in [1.29, 1.82) is 0 Å². The Morgan fingerprint density at radius 1 is 1.11 bits per heavy atom. The first-order valence-corrected chi connectivity index (χ1v) is 8.18. The molecule has 0 aliphatic carbocycles. The summed E-state index contributed by atoms with van der Waals surface area (Å²) in [4.78, 5) is 23.0. The van der Waals surface area contributed by atoms with Gasteiger partial charge in [0.2, 0.25) is 0 Å². The van der Waals surface area contributed by atoms with Gasteiger partial charge in [0.15, 0.2) is 5.82 Å². The first-order valence-electron chi connectivity index (χ1n) is 8.18. The number of aromatic hydroxyl groups is 1. The van der Waals surface area contributed by atoms with Gasteiger partial charge in [-0.2, -0.15) is 0 Å². The van der Waals surface area contributed by atoms with Gasteiger partial charge in [-0.05, 0) is 24.3 Å². The molecular weight excluding hydrogens is 346 g/mol. The lowest BCUT2D eigenvalue weighted by atomic mass is 10.1. The van der Waals surface area contributed by atoms with Gasteiger partial charge in [0, 0.05) is 40.6 Å². The Balaban J connectivity index is 1.50. The van der Waals surface area contributed by atoms with Crippen LogP contribution in [0.5, 0.6) is 11.5 Å². The lowest BCUT2D eigenvalue weighted by Gasteiger charge is -2.08. The number of para-hydroxylation sites is 1. The number of fused-ring (bicyclic) bond motifs is 1. The smallest absolute Gasteiger partial charge is 0.339 e. The molecule has 0 saturated heterocycles. The number of carbonyl (C=O) groups is 1. The van der Waals surface area contributed by atoms with Gasteiger partial charge >= 0.3 is 5.97 Å². The van der Waals surface area contributed by atoms with Gasteiger partial charge < -0.3 is 19.9 Å². The minimum absolute atomic E-state index is 0.179. The summed E-state index contributed by atoms with van der Waals surface area (Å²) < 4.78 is 5.58. The molecule has 4 rings (SSSR count). The van der Waals surface area contributed by atoms with Crippen LogP contribution in [-0.2, 0) is 6.61 Å². The molecule has 2 heterocycles. The average Bonchev–Trinajstić information content (AvgIpc) is 3.12. The summed E-state index contributed by atoms with van der Waals surface area (Å²) >= 11 is 0. The van der Waals surface area contributed by atoms with Crippen molar-refractivity contribution < 1.29 is 19.7 Å². The molecule has 0 fully saturated rings. The van der Waals surface area contributed by atoms with Gasteiger partial charge in [0.05, 0.1) is 0 Å². The monoisotopic (exact) mass is 361 g/mol. The van der Waals surface area contributed by atoms with E-state index in [1.165, 1.54) is 18.2 Å². The third-order valence-electron chi connectivity index (χ3n) is 4.14. The van der Waals surface area contributed by atoms with Crippen molar-refractivity contribution in [3.8, 4) is 22.9 Å². The van der Waals surface area contributed by atoms with Crippen LogP contribution in [0.1, 0.15) is 15.9 Å². The van der Waals surface area contributed by atoms with Crippen molar-refractivity contribution in [2.75, 3.05) is 0 Å². The van der Waals surface area contributed by atoms with Gasteiger partial charge in [-0.3, -0.25) is 0 Å². The molecule has 0 bridgehead atoms. The van der Waals surface area contributed by atoms with E-state index in [0.717, 1.165) is 22.0 Å². The molecule has 27 heavy (non-hydrogen) atoms. The van der Waals surface area contributed by atoms with E-state index in [4.69, 9.17) is 9.84 Å². The Morgan fingerprint density at radius 2 is 1.89 bits per heavy atom. The molecule has 3 N–H and O–H groups in total. The van der Waals surface area contributed by atoms with Crippen LogP contribution in [-0.4, -0.2) is 31.1 Å². The maximum absolute atomic E-state index is 11.1. The van der Waals surface area contributed by atoms with Gasteiger partial charge in [0.1, 0.15) is 23.7 Å². The summed E-state index contributed by atoms with van der Waals surface area (Å²) in [7, 11) is 0. The van der Waals surface area contributed by atoms with Crippen LogP contribution < -0.4 is 4.74 Å². The third kappa shape index (κ3) is 3.30. The Hall–Kier alpha value is -3.87. The number of H-pyrrole nitrogens is 1. The fourth-order valence-electron chi connectivity index (χ4n) is 2.77. The van der Waals surface area contributed by atoms with E-state index >= 15 is 0 Å². The summed E-state index contributed by atoms with van der Waals surface area (Å²) in [6, 6.07) is 12.0. The zero-order chi connectivity index (χ0) is 18.8. The highest BCUT2D eigenvalue weighted by Gasteiger charge is 2.11. The minimum Gasteiger partial charge on any atom is -0.507 e. The number of nitrogens with zero attached hydrogens (tertiary/aromatic N) is 2. The quantitative estimate of drug-likeness (QED) is 0.501. The molecule has 7 nitrogen and oxygen atoms in total. The van der Waals surface area contributed by atoms with Crippen LogP contribution in [0, 0.1) is 0 Å². The minimum atomic E-state index is -1.22. The number of ether oxygens (including phenoxy) is 1. The van der Waals surface area contributed by atoms with Crippen molar-refractivity contribution in [3.05, 3.63) is 72.2 Å². The van der Waals surface area contributed by atoms with Gasteiger partial charge in [0.25, 0.3) is 0 Å². The van der Waals surface area contributed by atoms with E-state index in [9.17, 15) is 9.90 Å². The summed E-state index contributed by atoms with van der Waals surface area (Å²) in [6.45, 7) is 0.179. The van der Waals surface area contributed by atoms with Gasteiger partial charge in [-0.1, -0.05) is 18.2 Å². The molecule has 0 radical (unpaired) electrons. The van der Waals surface area contributed by atoms with E-state index in [0.29, 0.717) is 11.6 Å². The lowest BCUT2D eigenvalue weighted by molar-refractivity contribution is 0.0693. The second kappa shape index (κ2) is 6.80. The molecule has 0 amide bonds. The number of hydrogen-bond donors (Lipinski definition) is 3. The maximum Gasteiger partial charge on any atom is 0.339 e. The number of hydrogen-bond acceptors (Lipinski definition) is 5. The molecule has 2 aromatic heterocycles. The summed E-state index contributed by atoms with van der Waals surface area (Å²) in [5, 5.41) is 19.6. The normalized spacial score (nSPS) is 10.8. The van der Waals surface area contributed by atoms with Crippen molar-refractivity contribution >= 4 is 16.9 Å². The van der Waals surface area contributed by atoms with Crippen LogP contribution in [0.15, 0.2) is 61.1 Å². The second-order valence-electron chi connectivity index (χ2n) is 5.94. The number of carboxylic acids is 1. The highest BCUT2D eigenvalue weighted by atomic mass is 16.5. The molecule has 2 aromatic carbocycles. The molecule has 0 aliphatic heterocycles. The van der Waals surface area contributed by atoms with Crippen molar-refractivity contribution in [1.82, 2.24) is 15.0 Å². The van der Waals surface area contributed by atoms with E-state index in [2.05, 4.69) is 15.0 Å². The van der Waals surface area contributed by atoms with Crippen molar-refractivity contribution in [2.24, 2.45) is 0 Å². The summed E-state index contributed by atoms with van der Waals surface area (Å²) in [6.07, 6.45) is 5.21. The molecule has 0 saturated carbocycles. The van der Waals surface area contributed by atoms with Crippen molar-refractivity contribution in [2.45, 2.75) is 6.61 Å². The van der Waals surface area contributed by atoms with E-state index in [-0.39, 0.29) is 17.9 Å². The molecule has 4 aromatic rings. The van der Waals surface area contributed by atoms with Crippen molar-refractivity contribution in [3.63, 3.8) is 0 Å². The number of aromatic carboxylic acids is 1. The Morgan fingerprint density at radius 3 is 2.67 bits per heavy atom. The Bertz CT molecular complexity index is 1120. The van der Waals surface area contributed by atoms with Crippen LogP contribution in [0.25, 0.3) is 22.3 Å². The number of phenols is 1. The largest absolute Gasteiger partial charge is 0.507 e. The molecule has 0 spiro atoms. The maximum atomic E-state index is 11.1. The number of aromatic nitrogens is 3. The third-order valence-corrected chi connectivity index (χ3v) is 4.14. The summed E-state index contributed by atoms with van der Waals surface area (Å²) in [5.41, 5.74) is 2.47. The van der Waals surface area contributed by atoms with E-state index in [1.54, 1.807) is 12.4 Å². The Kier molecular flexibility index (Phi) is 4.18. The Labute approximate surface area is 153 Å². The average molecular weight is 361 g/mol. The van der Waals surface area contributed by atoms with Crippen LogP contribution >= 0.6 is 0 Å². The fourth-order valence-corrected chi connectivity index (χ4v) is 2.77. The number of aromatic amines is 1. The first-order chi connectivity index (χ1) is 13.1. The number of rotatable bonds is 5. The second-order valence-corrected chi connectivity index (χ2v) is 5.94. The molecule has 0 atom stereocenters. The highest BCUT2D eigenvalue weighted by Crippen LogP contribution is 2.26. The molecule has 134 valence electrons. The fraction of sp³-hybridized carbons (Fsp3) is 0.0500. The predicted octanol–water partition coefficient (Wildman–Crippen LogP) is 3.61. The zero-order valence-corrected chi connectivity index (χ0v) is 14.1. The summed E-state index contributed by atoms with van der Waals surface area (Å²) in [5.74, 6) is -0.578.